The number of rotatable bonds is 7. The number of nitrogens with two attached hydrogens (primary N) is 1. The second kappa shape index (κ2) is 7.26. The van der Waals surface area contributed by atoms with Crippen LogP contribution < -0.4 is 10.6 Å². The summed E-state index contributed by atoms with van der Waals surface area (Å²) in [4.78, 5) is 11.2. The zero-order valence-corrected chi connectivity index (χ0v) is 12.2. The van der Waals surface area contributed by atoms with Crippen LogP contribution in [0, 0.1) is 0 Å². The lowest BCUT2D eigenvalue weighted by Crippen LogP contribution is -2.32. The van der Waals surface area contributed by atoms with E-state index >= 15 is 0 Å². The Morgan fingerprint density at radius 3 is 2.50 bits per heavy atom. The molecule has 0 atom stereocenters. The van der Waals surface area contributed by atoms with Crippen LogP contribution in [0.15, 0.2) is 12.4 Å². The van der Waals surface area contributed by atoms with Crippen molar-refractivity contribution < 1.29 is 0 Å². The Balaban J connectivity index is 2.75. The van der Waals surface area contributed by atoms with E-state index < -0.39 is 0 Å². The summed E-state index contributed by atoms with van der Waals surface area (Å²) in [6, 6.07) is 0.409. The van der Waals surface area contributed by atoms with Gasteiger partial charge in [-0.3, -0.25) is 0 Å². The van der Waals surface area contributed by atoms with Crippen molar-refractivity contribution in [2.45, 2.75) is 46.1 Å². The van der Waals surface area contributed by atoms with Crippen molar-refractivity contribution in [3.63, 3.8) is 0 Å². The average molecular weight is 266 g/mol. The van der Waals surface area contributed by atoms with Crippen molar-refractivity contribution >= 4 is 23.0 Å². The van der Waals surface area contributed by atoms with Gasteiger partial charge in [-0.05, 0) is 20.3 Å². The summed E-state index contributed by atoms with van der Waals surface area (Å²) in [6.45, 7) is 7.54. The molecule has 0 saturated carbocycles. The summed E-state index contributed by atoms with van der Waals surface area (Å²) in [6.07, 6.45) is 7.03. The van der Waals surface area contributed by atoms with E-state index in [1.54, 1.807) is 12.4 Å². The number of hydrogen-bond acceptors (Lipinski definition) is 4. The smallest absolute Gasteiger partial charge is 0.147 e. The van der Waals surface area contributed by atoms with E-state index in [1.807, 2.05) is 0 Å². The van der Waals surface area contributed by atoms with Gasteiger partial charge in [0.1, 0.15) is 16.5 Å². The first-order chi connectivity index (χ1) is 8.56. The lowest BCUT2D eigenvalue weighted by atomic mass is 10.2. The van der Waals surface area contributed by atoms with Crippen LogP contribution in [0.4, 0.5) is 5.82 Å². The maximum absolute atomic E-state index is 5.51. The molecule has 100 valence electrons. The summed E-state index contributed by atoms with van der Waals surface area (Å²) in [5.41, 5.74) is 6.09. The van der Waals surface area contributed by atoms with Gasteiger partial charge in [0, 0.05) is 12.6 Å². The summed E-state index contributed by atoms with van der Waals surface area (Å²) in [5.74, 6) is 0.890. The van der Waals surface area contributed by atoms with Crippen molar-refractivity contribution in [2.24, 2.45) is 5.73 Å². The highest BCUT2D eigenvalue weighted by Gasteiger charge is 2.12. The molecule has 0 radical (unpaired) electrons. The Hall–Kier alpha value is -1.23. The third kappa shape index (κ3) is 4.22. The van der Waals surface area contributed by atoms with Gasteiger partial charge in [-0.15, -0.1) is 0 Å². The number of unbranched alkanes of at least 4 members (excludes halogenated alkanes) is 2. The second-order valence-electron chi connectivity index (χ2n) is 4.62. The largest absolute Gasteiger partial charge is 0.388 e. The second-order valence-corrected chi connectivity index (χ2v) is 5.06. The Kier molecular flexibility index (Phi) is 5.98. The Labute approximate surface area is 115 Å². The van der Waals surface area contributed by atoms with Crippen LogP contribution in [0.2, 0.25) is 0 Å². The Morgan fingerprint density at radius 2 is 2.06 bits per heavy atom. The minimum Gasteiger partial charge on any atom is -0.388 e. The van der Waals surface area contributed by atoms with E-state index in [-0.39, 0.29) is 4.99 Å². The van der Waals surface area contributed by atoms with Gasteiger partial charge in [0.25, 0.3) is 0 Å². The molecule has 4 nitrogen and oxygen atoms in total. The lowest BCUT2D eigenvalue weighted by Gasteiger charge is -2.27. The lowest BCUT2D eigenvalue weighted by molar-refractivity contribution is 0.618. The highest BCUT2D eigenvalue weighted by Crippen LogP contribution is 2.14. The molecule has 0 fully saturated rings. The standard InChI is InChI=1S/C13H22N4S/c1-4-5-6-7-17(10(2)3)12-9-15-11(8-16-12)13(14)18/h8-10H,4-7H2,1-3H3,(H2,14,18). The predicted molar refractivity (Wildman–Crippen MR) is 79.9 cm³/mol. The Bertz CT molecular complexity index is 375. The third-order valence-electron chi connectivity index (χ3n) is 2.81. The first kappa shape index (κ1) is 14.8. The molecule has 0 amide bonds. The van der Waals surface area contributed by atoms with E-state index in [2.05, 4.69) is 35.6 Å². The zero-order chi connectivity index (χ0) is 13.5. The molecule has 0 aliphatic carbocycles. The normalized spacial score (nSPS) is 10.7. The number of nitrogens with zero attached hydrogens (tertiary/aromatic N) is 3. The van der Waals surface area contributed by atoms with E-state index in [1.165, 1.54) is 19.3 Å². The molecule has 5 heteroatoms. The van der Waals surface area contributed by atoms with Gasteiger partial charge in [-0.1, -0.05) is 32.0 Å². The molecule has 18 heavy (non-hydrogen) atoms. The molecule has 0 unspecified atom stereocenters. The average Bonchev–Trinajstić information content (AvgIpc) is 2.34. The van der Waals surface area contributed by atoms with Gasteiger partial charge >= 0.3 is 0 Å². The van der Waals surface area contributed by atoms with Gasteiger partial charge in [0.05, 0.1) is 12.4 Å². The highest BCUT2D eigenvalue weighted by atomic mass is 32.1. The van der Waals surface area contributed by atoms with E-state index in [0.29, 0.717) is 11.7 Å². The van der Waals surface area contributed by atoms with Crippen molar-refractivity contribution in [3.05, 3.63) is 18.1 Å². The zero-order valence-electron chi connectivity index (χ0n) is 11.4. The van der Waals surface area contributed by atoms with Crippen LogP contribution in [0.25, 0.3) is 0 Å². The fraction of sp³-hybridized carbons (Fsp3) is 0.615. The topological polar surface area (TPSA) is 55.0 Å². The van der Waals surface area contributed by atoms with Crippen LogP contribution >= 0.6 is 12.2 Å². The van der Waals surface area contributed by atoms with Gasteiger partial charge in [0.2, 0.25) is 0 Å². The van der Waals surface area contributed by atoms with Crippen LogP contribution in [0.3, 0.4) is 0 Å². The molecule has 1 rings (SSSR count). The van der Waals surface area contributed by atoms with Crippen molar-refractivity contribution in [3.8, 4) is 0 Å². The van der Waals surface area contributed by atoms with Crippen LogP contribution in [0.1, 0.15) is 45.7 Å². The molecule has 0 spiro atoms. The summed E-state index contributed by atoms with van der Waals surface area (Å²) in [7, 11) is 0. The molecular formula is C13H22N4S. The summed E-state index contributed by atoms with van der Waals surface area (Å²) < 4.78 is 0. The molecule has 1 aromatic heterocycles. The van der Waals surface area contributed by atoms with Crippen molar-refractivity contribution in [2.75, 3.05) is 11.4 Å². The van der Waals surface area contributed by atoms with E-state index in [4.69, 9.17) is 18.0 Å². The van der Waals surface area contributed by atoms with Gasteiger partial charge < -0.3 is 10.6 Å². The van der Waals surface area contributed by atoms with Crippen molar-refractivity contribution in [1.29, 1.82) is 0 Å². The first-order valence-electron chi connectivity index (χ1n) is 6.44. The maximum atomic E-state index is 5.51. The first-order valence-corrected chi connectivity index (χ1v) is 6.85. The van der Waals surface area contributed by atoms with Crippen LogP contribution in [0.5, 0.6) is 0 Å². The minimum atomic E-state index is 0.288. The van der Waals surface area contributed by atoms with Gasteiger partial charge in [0.15, 0.2) is 0 Å². The Morgan fingerprint density at radius 1 is 1.33 bits per heavy atom. The monoisotopic (exact) mass is 266 g/mol. The third-order valence-corrected chi connectivity index (χ3v) is 3.02. The molecule has 0 aliphatic heterocycles. The SMILES string of the molecule is CCCCCN(c1cnc(C(N)=S)cn1)C(C)C. The van der Waals surface area contributed by atoms with Crippen LogP contribution in [-0.4, -0.2) is 27.5 Å². The van der Waals surface area contributed by atoms with Crippen LogP contribution in [-0.2, 0) is 0 Å². The fourth-order valence-electron chi connectivity index (χ4n) is 1.77. The summed E-state index contributed by atoms with van der Waals surface area (Å²) >= 11 is 4.87. The minimum absolute atomic E-state index is 0.288. The van der Waals surface area contributed by atoms with Gasteiger partial charge in [-0.2, -0.15) is 0 Å². The molecule has 0 saturated heterocycles. The molecule has 0 aliphatic rings. The number of anilines is 1. The molecular weight excluding hydrogens is 244 g/mol. The summed E-state index contributed by atoms with van der Waals surface area (Å²) in [5, 5.41) is 0. The van der Waals surface area contributed by atoms with Crippen molar-refractivity contribution in [1.82, 2.24) is 9.97 Å². The fourth-order valence-corrected chi connectivity index (χ4v) is 1.87. The van der Waals surface area contributed by atoms with E-state index in [0.717, 1.165) is 12.4 Å². The molecule has 0 bridgehead atoms. The number of hydrogen-bond donors (Lipinski definition) is 1. The molecule has 1 aromatic rings. The highest BCUT2D eigenvalue weighted by molar-refractivity contribution is 7.80. The molecule has 1 heterocycles. The maximum Gasteiger partial charge on any atom is 0.147 e. The molecule has 2 N–H and O–H groups in total. The van der Waals surface area contributed by atoms with Gasteiger partial charge in [-0.25, -0.2) is 9.97 Å². The number of aromatic nitrogens is 2. The quantitative estimate of drug-likeness (QED) is 0.607. The van der Waals surface area contributed by atoms with E-state index in [9.17, 15) is 0 Å². The predicted octanol–water partition coefficient (Wildman–Crippen LogP) is 2.52. The number of thiocarbonyl (C=S) groups is 1. The molecule has 0 aromatic carbocycles.